The molecule has 0 unspecified atom stereocenters. The average Bonchev–Trinajstić information content (AvgIpc) is 2.57. The number of amides is 2. The van der Waals surface area contributed by atoms with Gasteiger partial charge in [0.05, 0.1) is 5.56 Å². The fourth-order valence-electron chi connectivity index (χ4n) is 1.75. The van der Waals surface area contributed by atoms with Crippen molar-refractivity contribution in [1.82, 2.24) is 10.9 Å². The van der Waals surface area contributed by atoms with Crippen molar-refractivity contribution < 1.29 is 31.9 Å². The van der Waals surface area contributed by atoms with Crippen LogP contribution in [0.15, 0.2) is 48.5 Å². The number of ether oxygens (including phenoxy) is 1. The molecule has 0 saturated heterocycles. The maximum atomic E-state index is 12.9. The molecule has 2 amide bonds. The Bertz CT molecular complexity index is 761. The summed E-state index contributed by atoms with van der Waals surface area (Å²) in [5.41, 5.74) is 3.10. The Morgan fingerprint density at radius 3 is 2.28 bits per heavy atom. The second kappa shape index (κ2) is 7.65. The van der Waals surface area contributed by atoms with Gasteiger partial charge in [-0.15, -0.1) is 0 Å². The molecule has 9 heteroatoms. The monoisotopic (exact) mass is 356 g/mol. The van der Waals surface area contributed by atoms with Gasteiger partial charge in [0.25, 0.3) is 11.8 Å². The van der Waals surface area contributed by atoms with Gasteiger partial charge >= 0.3 is 6.18 Å². The summed E-state index contributed by atoms with van der Waals surface area (Å²) in [4.78, 5) is 23.3. The highest BCUT2D eigenvalue weighted by atomic mass is 19.4. The molecule has 0 radical (unpaired) electrons. The van der Waals surface area contributed by atoms with Crippen molar-refractivity contribution in [1.29, 1.82) is 0 Å². The highest BCUT2D eigenvalue weighted by molar-refractivity contribution is 5.95. The van der Waals surface area contributed by atoms with Crippen molar-refractivity contribution in [3.63, 3.8) is 0 Å². The summed E-state index contributed by atoms with van der Waals surface area (Å²) in [6, 6.07) is 8.59. The van der Waals surface area contributed by atoms with Crippen LogP contribution in [0.4, 0.5) is 17.6 Å². The predicted molar refractivity (Wildman–Crippen MR) is 78.9 cm³/mol. The molecule has 2 rings (SSSR count). The molecule has 0 aliphatic carbocycles. The van der Waals surface area contributed by atoms with E-state index in [1.165, 1.54) is 18.2 Å². The largest absolute Gasteiger partial charge is 0.484 e. The van der Waals surface area contributed by atoms with E-state index < -0.39 is 36.0 Å². The molecule has 0 spiro atoms. The van der Waals surface area contributed by atoms with Crippen LogP contribution in [0.5, 0.6) is 5.75 Å². The summed E-state index contributed by atoms with van der Waals surface area (Å²) in [6.07, 6.45) is -4.50. The molecule has 0 aromatic heterocycles. The first-order valence-corrected chi connectivity index (χ1v) is 6.90. The lowest BCUT2D eigenvalue weighted by molar-refractivity contribution is -0.137. The summed E-state index contributed by atoms with van der Waals surface area (Å²) in [6.45, 7) is -0.489. The number of alkyl halides is 3. The van der Waals surface area contributed by atoms with Gasteiger partial charge in [-0.1, -0.05) is 6.07 Å². The first-order chi connectivity index (χ1) is 11.8. The zero-order valence-electron chi connectivity index (χ0n) is 12.6. The Labute approximate surface area is 139 Å². The molecule has 2 aromatic carbocycles. The molecule has 0 aliphatic rings. The minimum Gasteiger partial charge on any atom is -0.484 e. The Kier molecular flexibility index (Phi) is 5.58. The molecule has 0 fully saturated rings. The van der Waals surface area contributed by atoms with Gasteiger partial charge in [0.2, 0.25) is 0 Å². The van der Waals surface area contributed by atoms with Crippen LogP contribution in [0.3, 0.4) is 0 Å². The fourth-order valence-corrected chi connectivity index (χ4v) is 1.75. The van der Waals surface area contributed by atoms with E-state index in [1.54, 1.807) is 0 Å². The lowest BCUT2D eigenvalue weighted by atomic mass is 10.1. The molecule has 2 aromatic rings. The third-order valence-electron chi connectivity index (χ3n) is 2.96. The summed E-state index contributed by atoms with van der Waals surface area (Å²) in [7, 11) is 0. The van der Waals surface area contributed by atoms with Crippen LogP contribution in [-0.4, -0.2) is 18.4 Å². The number of halogens is 4. The smallest absolute Gasteiger partial charge is 0.416 e. The maximum absolute atomic E-state index is 12.9. The molecule has 132 valence electrons. The normalized spacial score (nSPS) is 10.9. The fraction of sp³-hybridized carbons (Fsp3) is 0.125. The standard InChI is InChI=1S/C16H12F4N2O3/c17-12-2-1-3-13(8-12)25-9-14(23)21-22-15(24)10-4-6-11(7-5-10)16(18,19)20/h1-8H,9H2,(H,21,23)(H,22,24). The van der Waals surface area contributed by atoms with Crippen molar-refractivity contribution in [2.24, 2.45) is 0 Å². The van der Waals surface area contributed by atoms with E-state index in [0.29, 0.717) is 0 Å². The van der Waals surface area contributed by atoms with Crippen molar-refractivity contribution in [2.75, 3.05) is 6.61 Å². The molecular formula is C16H12F4N2O3. The number of benzene rings is 2. The number of hydrogen-bond acceptors (Lipinski definition) is 3. The molecular weight excluding hydrogens is 344 g/mol. The van der Waals surface area contributed by atoms with Crippen molar-refractivity contribution in [3.05, 3.63) is 65.5 Å². The minimum atomic E-state index is -4.50. The number of nitrogens with one attached hydrogen (secondary N) is 2. The van der Waals surface area contributed by atoms with E-state index in [0.717, 1.165) is 30.3 Å². The van der Waals surface area contributed by atoms with Crippen LogP contribution in [0, 0.1) is 5.82 Å². The lowest BCUT2D eigenvalue weighted by Gasteiger charge is -2.10. The van der Waals surface area contributed by atoms with Crippen molar-refractivity contribution >= 4 is 11.8 Å². The number of rotatable bonds is 4. The summed E-state index contributed by atoms with van der Waals surface area (Å²) < 4.78 is 55.2. The van der Waals surface area contributed by atoms with Crippen LogP contribution in [0.2, 0.25) is 0 Å². The summed E-state index contributed by atoms with van der Waals surface area (Å²) >= 11 is 0. The van der Waals surface area contributed by atoms with E-state index in [2.05, 4.69) is 0 Å². The molecule has 0 atom stereocenters. The second-order valence-corrected chi connectivity index (χ2v) is 4.82. The molecule has 0 heterocycles. The third kappa shape index (κ3) is 5.48. The molecule has 2 N–H and O–H groups in total. The van der Waals surface area contributed by atoms with Crippen LogP contribution in [-0.2, 0) is 11.0 Å². The predicted octanol–water partition coefficient (Wildman–Crippen LogP) is 2.68. The van der Waals surface area contributed by atoms with Crippen molar-refractivity contribution in [2.45, 2.75) is 6.18 Å². The molecule has 0 aliphatic heterocycles. The number of carbonyl (C=O) groups excluding carboxylic acids is 2. The Morgan fingerprint density at radius 2 is 1.68 bits per heavy atom. The Hall–Kier alpha value is -3.10. The zero-order valence-corrected chi connectivity index (χ0v) is 12.6. The number of hydrazine groups is 1. The Morgan fingerprint density at radius 1 is 1.00 bits per heavy atom. The van der Waals surface area contributed by atoms with Crippen molar-refractivity contribution in [3.8, 4) is 5.75 Å². The molecule has 0 bridgehead atoms. The molecule has 25 heavy (non-hydrogen) atoms. The summed E-state index contributed by atoms with van der Waals surface area (Å²) in [5.74, 6) is -1.94. The average molecular weight is 356 g/mol. The number of hydrogen-bond donors (Lipinski definition) is 2. The van der Waals surface area contributed by atoms with Gasteiger partial charge in [-0.25, -0.2) is 4.39 Å². The van der Waals surface area contributed by atoms with Gasteiger partial charge < -0.3 is 4.74 Å². The van der Waals surface area contributed by atoms with Gasteiger partial charge in [-0.05, 0) is 36.4 Å². The number of carbonyl (C=O) groups is 2. The Balaban J connectivity index is 1.82. The van der Waals surface area contributed by atoms with Crippen LogP contribution in [0.25, 0.3) is 0 Å². The van der Waals surface area contributed by atoms with E-state index in [-0.39, 0.29) is 11.3 Å². The van der Waals surface area contributed by atoms with Gasteiger partial charge in [-0.3, -0.25) is 20.4 Å². The topological polar surface area (TPSA) is 67.4 Å². The van der Waals surface area contributed by atoms with Crippen LogP contribution in [0.1, 0.15) is 15.9 Å². The van der Waals surface area contributed by atoms with E-state index in [4.69, 9.17) is 4.74 Å². The minimum absolute atomic E-state index is 0.0700. The van der Waals surface area contributed by atoms with Gasteiger partial charge in [0.15, 0.2) is 6.61 Å². The first kappa shape index (κ1) is 18.2. The lowest BCUT2D eigenvalue weighted by Crippen LogP contribution is -2.43. The summed E-state index contributed by atoms with van der Waals surface area (Å²) in [5, 5.41) is 0. The van der Waals surface area contributed by atoms with Gasteiger partial charge in [-0.2, -0.15) is 13.2 Å². The van der Waals surface area contributed by atoms with Gasteiger partial charge in [0, 0.05) is 11.6 Å². The van der Waals surface area contributed by atoms with E-state index in [1.807, 2.05) is 10.9 Å². The van der Waals surface area contributed by atoms with Gasteiger partial charge in [0.1, 0.15) is 11.6 Å². The zero-order chi connectivity index (χ0) is 18.4. The van der Waals surface area contributed by atoms with E-state index >= 15 is 0 Å². The second-order valence-electron chi connectivity index (χ2n) is 4.82. The SMILES string of the molecule is O=C(COc1cccc(F)c1)NNC(=O)c1ccc(C(F)(F)F)cc1. The van der Waals surface area contributed by atoms with Crippen LogP contribution >= 0.6 is 0 Å². The van der Waals surface area contributed by atoms with E-state index in [9.17, 15) is 27.2 Å². The third-order valence-corrected chi connectivity index (χ3v) is 2.96. The highest BCUT2D eigenvalue weighted by Crippen LogP contribution is 2.29. The molecule has 5 nitrogen and oxygen atoms in total. The molecule has 0 saturated carbocycles. The highest BCUT2D eigenvalue weighted by Gasteiger charge is 2.30. The quantitative estimate of drug-likeness (QED) is 0.654. The first-order valence-electron chi connectivity index (χ1n) is 6.90. The van der Waals surface area contributed by atoms with Crippen LogP contribution < -0.4 is 15.6 Å². The maximum Gasteiger partial charge on any atom is 0.416 e.